The first kappa shape index (κ1) is 23.8. The number of urea groups is 1. The Labute approximate surface area is 199 Å². The Hall–Kier alpha value is -3.39. The van der Waals surface area contributed by atoms with Gasteiger partial charge in [-0.25, -0.2) is 13.9 Å². The van der Waals surface area contributed by atoms with E-state index in [0.29, 0.717) is 43.4 Å². The highest BCUT2D eigenvalue weighted by molar-refractivity contribution is 5.74. The third-order valence-electron chi connectivity index (χ3n) is 5.80. The molecule has 1 aromatic heterocycles. The number of nitrogens with one attached hydrogen (secondary N) is 1. The molecule has 180 valence electrons. The summed E-state index contributed by atoms with van der Waals surface area (Å²) in [5, 5.41) is 7.71. The summed E-state index contributed by atoms with van der Waals surface area (Å²) in [6.07, 6.45) is 2.59. The van der Waals surface area contributed by atoms with Crippen molar-refractivity contribution in [2.75, 3.05) is 19.7 Å². The molecule has 2 amide bonds. The second kappa shape index (κ2) is 11.2. The molecule has 1 atom stereocenters. The normalized spacial score (nSPS) is 15.3. The van der Waals surface area contributed by atoms with E-state index in [1.54, 1.807) is 21.7 Å². The van der Waals surface area contributed by atoms with Crippen LogP contribution in [0, 0.1) is 5.82 Å². The molecule has 3 aromatic rings. The number of nitrogens with zero attached hydrogens (tertiary/aromatic N) is 3. The lowest BCUT2D eigenvalue weighted by Crippen LogP contribution is -2.43. The molecule has 1 aliphatic rings. The molecule has 7 nitrogen and oxygen atoms in total. The predicted octanol–water partition coefficient (Wildman–Crippen LogP) is 5.08. The van der Waals surface area contributed by atoms with Gasteiger partial charge in [-0.15, -0.1) is 0 Å². The van der Waals surface area contributed by atoms with Crippen LogP contribution in [0.15, 0.2) is 54.6 Å². The van der Waals surface area contributed by atoms with Gasteiger partial charge in [0.15, 0.2) is 0 Å². The Balaban J connectivity index is 1.75. The molecule has 2 heterocycles. The van der Waals surface area contributed by atoms with Crippen LogP contribution in [0.4, 0.5) is 9.18 Å². The molecule has 0 radical (unpaired) electrons. The van der Waals surface area contributed by atoms with Crippen LogP contribution < -0.4 is 10.1 Å². The molecule has 0 spiro atoms. The van der Waals surface area contributed by atoms with Gasteiger partial charge in [0.1, 0.15) is 11.6 Å². The average molecular weight is 467 g/mol. The van der Waals surface area contributed by atoms with Gasteiger partial charge in [-0.2, -0.15) is 5.10 Å². The standard InChI is InChI=1S/C26H31FN4O3/c1-3-24-23(18-30(26(32)28-4-2)17-22-11-8-16-33-22)25(34-21-9-6-5-7-10-21)31(29-24)20-14-12-19(27)13-15-20/h5-7,9-10,12-15,22H,3-4,8,11,16-18H2,1-2H3,(H,28,32)/t22-/m0/s1. The summed E-state index contributed by atoms with van der Waals surface area (Å²) in [6, 6.07) is 15.4. The molecule has 0 saturated carbocycles. The van der Waals surface area contributed by atoms with E-state index in [4.69, 9.17) is 14.6 Å². The number of carbonyl (C=O) groups is 1. The number of aryl methyl sites for hydroxylation is 1. The Morgan fingerprint density at radius 3 is 2.62 bits per heavy atom. The average Bonchev–Trinajstić information content (AvgIpc) is 3.48. The van der Waals surface area contributed by atoms with Gasteiger partial charge in [-0.05, 0) is 62.6 Å². The van der Waals surface area contributed by atoms with Crippen LogP contribution in [0.3, 0.4) is 0 Å². The van der Waals surface area contributed by atoms with E-state index in [-0.39, 0.29) is 18.0 Å². The molecule has 2 aromatic carbocycles. The van der Waals surface area contributed by atoms with Crippen molar-refractivity contribution in [1.82, 2.24) is 20.0 Å². The third kappa shape index (κ3) is 5.56. The van der Waals surface area contributed by atoms with Crippen LogP contribution in [0.2, 0.25) is 0 Å². The van der Waals surface area contributed by atoms with Gasteiger partial charge < -0.3 is 19.7 Å². The number of amides is 2. The van der Waals surface area contributed by atoms with Crippen molar-refractivity contribution in [3.05, 3.63) is 71.7 Å². The fraction of sp³-hybridized carbons (Fsp3) is 0.385. The number of ether oxygens (including phenoxy) is 2. The molecule has 1 saturated heterocycles. The summed E-state index contributed by atoms with van der Waals surface area (Å²) in [5.74, 6) is 0.839. The summed E-state index contributed by atoms with van der Waals surface area (Å²) >= 11 is 0. The maximum absolute atomic E-state index is 13.6. The number of benzene rings is 2. The zero-order chi connectivity index (χ0) is 23.9. The number of para-hydroxylation sites is 1. The highest BCUT2D eigenvalue weighted by atomic mass is 19.1. The zero-order valence-corrected chi connectivity index (χ0v) is 19.7. The van der Waals surface area contributed by atoms with Gasteiger partial charge >= 0.3 is 6.03 Å². The lowest BCUT2D eigenvalue weighted by atomic mass is 10.1. The summed E-state index contributed by atoms with van der Waals surface area (Å²) in [7, 11) is 0. The Bertz CT molecular complexity index is 1080. The van der Waals surface area contributed by atoms with Crippen molar-refractivity contribution in [2.24, 2.45) is 0 Å². The van der Waals surface area contributed by atoms with Crippen molar-refractivity contribution in [2.45, 2.75) is 45.8 Å². The van der Waals surface area contributed by atoms with E-state index in [1.165, 1.54) is 12.1 Å². The fourth-order valence-corrected chi connectivity index (χ4v) is 4.09. The summed E-state index contributed by atoms with van der Waals surface area (Å²) in [5.41, 5.74) is 2.31. The van der Waals surface area contributed by atoms with E-state index in [1.807, 2.05) is 44.2 Å². The predicted molar refractivity (Wildman–Crippen MR) is 128 cm³/mol. The smallest absolute Gasteiger partial charge is 0.317 e. The van der Waals surface area contributed by atoms with Crippen molar-refractivity contribution in [1.29, 1.82) is 0 Å². The molecule has 0 bridgehead atoms. The first-order chi connectivity index (χ1) is 16.6. The maximum Gasteiger partial charge on any atom is 0.317 e. The molecule has 1 N–H and O–H groups in total. The van der Waals surface area contributed by atoms with Crippen molar-refractivity contribution >= 4 is 6.03 Å². The Morgan fingerprint density at radius 2 is 1.97 bits per heavy atom. The molecular formula is C26H31FN4O3. The van der Waals surface area contributed by atoms with E-state index >= 15 is 0 Å². The number of rotatable bonds is 9. The van der Waals surface area contributed by atoms with Crippen LogP contribution in [-0.2, 0) is 17.7 Å². The summed E-state index contributed by atoms with van der Waals surface area (Å²) in [4.78, 5) is 14.7. The van der Waals surface area contributed by atoms with Gasteiger partial charge in [-0.1, -0.05) is 25.1 Å². The van der Waals surface area contributed by atoms with Crippen molar-refractivity contribution in [3.63, 3.8) is 0 Å². The van der Waals surface area contributed by atoms with E-state index < -0.39 is 0 Å². The molecule has 0 unspecified atom stereocenters. The van der Waals surface area contributed by atoms with Crippen molar-refractivity contribution in [3.8, 4) is 17.3 Å². The number of hydrogen-bond donors (Lipinski definition) is 1. The largest absolute Gasteiger partial charge is 0.439 e. The summed E-state index contributed by atoms with van der Waals surface area (Å²) < 4.78 is 27.4. The van der Waals surface area contributed by atoms with Crippen LogP contribution in [-0.4, -0.2) is 46.5 Å². The fourth-order valence-electron chi connectivity index (χ4n) is 4.09. The van der Waals surface area contributed by atoms with Gasteiger partial charge in [0.2, 0.25) is 5.88 Å². The van der Waals surface area contributed by atoms with E-state index in [0.717, 1.165) is 30.7 Å². The number of aromatic nitrogens is 2. The second-order valence-electron chi connectivity index (χ2n) is 8.24. The SMILES string of the molecule is CCNC(=O)N(Cc1c(CC)nn(-c2ccc(F)cc2)c1Oc1ccccc1)C[C@@H]1CCCO1. The molecular weight excluding hydrogens is 435 g/mol. The molecule has 1 aliphatic heterocycles. The molecule has 8 heteroatoms. The Morgan fingerprint density at radius 1 is 1.21 bits per heavy atom. The first-order valence-corrected chi connectivity index (χ1v) is 11.8. The minimum atomic E-state index is -0.323. The third-order valence-corrected chi connectivity index (χ3v) is 5.80. The van der Waals surface area contributed by atoms with Crippen molar-refractivity contribution < 1.29 is 18.7 Å². The van der Waals surface area contributed by atoms with E-state index in [9.17, 15) is 9.18 Å². The first-order valence-electron chi connectivity index (χ1n) is 11.8. The monoisotopic (exact) mass is 466 g/mol. The molecule has 1 fully saturated rings. The topological polar surface area (TPSA) is 68.6 Å². The lowest BCUT2D eigenvalue weighted by molar-refractivity contribution is 0.0793. The van der Waals surface area contributed by atoms with Crippen LogP contribution in [0.25, 0.3) is 5.69 Å². The zero-order valence-electron chi connectivity index (χ0n) is 19.7. The number of halogens is 1. The minimum Gasteiger partial charge on any atom is -0.439 e. The number of carbonyl (C=O) groups excluding carboxylic acids is 1. The lowest BCUT2D eigenvalue weighted by Gasteiger charge is -2.26. The minimum absolute atomic E-state index is 0.0123. The van der Waals surface area contributed by atoms with Crippen LogP contribution in [0.1, 0.15) is 37.9 Å². The van der Waals surface area contributed by atoms with Gasteiger partial charge in [0.25, 0.3) is 0 Å². The Kier molecular flexibility index (Phi) is 7.80. The molecule has 4 rings (SSSR count). The number of hydrogen-bond acceptors (Lipinski definition) is 4. The van der Waals surface area contributed by atoms with Gasteiger partial charge in [0, 0.05) is 19.7 Å². The van der Waals surface area contributed by atoms with Gasteiger partial charge in [0.05, 0.1) is 29.6 Å². The molecule has 0 aliphatic carbocycles. The molecule has 34 heavy (non-hydrogen) atoms. The highest BCUT2D eigenvalue weighted by Gasteiger charge is 2.27. The maximum atomic E-state index is 13.6. The van der Waals surface area contributed by atoms with Gasteiger partial charge in [-0.3, -0.25) is 0 Å². The van der Waals surface area contributed by atoms with Crippen LogP contribution in [0.5, 0.6) is 11.6 Å². The second-order valence-corrected chi connectivity index (χ2v) is 8.24. The quantitative estimate of drug-likeness (QED) is 0.478. The van der Waals surface area contributed by atoms with E-state index in [2.05, 4.69) is 5.32 Å². The summed E-state index contributed by atoms with van der Waals surface area (Å²) in [6.45, 7) is 5.97. The van der Waals surface area contributed by atoms with Crippen LogP contribution >= 0.6 is 0 Å². The highest BCUT2D eigenvalue weighted by Crippen LogP contribution is 2.32.